The van der Waals surface area contributed by atoms with Crippen LogP contribution in [0.1, 0.15) is 44.3 Å². The number of pyridine rings is 1. The molecule has 0 unspecified atom stereocenters. The van der Waals surface area contributed by atoms with Crippen molar-refractivity contribution in [3.8, 4) is 0 Å². The number of hydrogen-bond acceptors (Lipinski definition) is 5. The van der Waals surface area contributed by atoms with E-state index in [0.29, 0.717) is 11.7 Å². The summed E-state index contributed by atoms with van der Waals surface area (Å²) in [4.78, 5) is 17.3. The molecule has 2 aromatic heterocycles. The minimum atomic E-state index is -0.364. The Kier molecular flexibility index (Phi) is 4.32. The summed E-state index contributed by atoms with van der Waals surface area (Å²) in [5, 5.41) is 11.3. The second-order valence-electron chi connectivity index (χ2n) is 6.10. The number of aromatic nitrogens is 1. The summed E-state index contributed by atoms with van der Waals surface area (Å²) in [6.45, 7) is 5.00. The van der Waals surface area contributed by atoms with Crippen molar-refractivity contribution in [2.75, 3.05) is 11.4 Å². The zero-order chi connectivity index (χ0) is 16.4. The highest BCUT2D eigenvalue weighted by atomic mass is 16.6. The Morgan fingerprint density at radius 1 is 1.43 bits per heavy atom. The normalized spacial score (nSPS) is 21.4. The molecule has 0 saturated carbocycles. The van der Waals surface area contributed by atoms with Crippen LogP contribution in [0.25, 0.3) is 0 Å². The van der Waals surface area contributed by atoms with E-state index in [4.69, 9.17) is 4.42 Å². The van der Waals surface area contributed by atoms with Gasteiger partial charge in [-0.1, -0.05) is 13.8 Å². The molecule has 0 aromatic carbocycles. The molecule has 2 atom stereocenters. The van der Waals surface area contributed by atoms with Crippen LogP contribution >= 0.6 is 0 Å². The third-order valence-corrected chi connectivity index (χ3v) is 4.46. The lowest BCUT2D eigenvalue weighted by atomic mass is 9.91. The maximum absolute atomic E-state index is 11.3. The minimum absolute atomic E-state index is 0.00681. The average Bonchev–Trinajstić information content (AvgIpc) is 3.03. The molecule has 0 spiro atoms. The first-order valence-corrected chi connectivity index (χ1v) is 8.04. The molecule has 122 valence electrons. The highest BCUT2D eigenvalue weighted by Gasteiger charge is 2.34. The molecule has 0 amide bonds. The number of aryl methyl sites for hydroxylation is 1. The van der Waals surface area contributed by atoms with E-state index in [1.807, 2.05) is 24.0 Å². The van der Waals surface area contributed by atoms with Gasteiger partial charge < -0.3 is 9.32 Å². The van der Waals surface area contributed by atoms with E-state index in [9.17, 15) is 10.1 Å². The van der Waals surface area contributed by atoms with Crippen LogP contribution in [0.5, 0.6) is 0 Å². The molecule has 1 aliphatic heterocycles. The predicted molar refractivity (Wildman–Crippen MR) is 87.5 cm³/mol. The van der Waals surface area contributed by atoms with E-state index in [2.05, 4.69) is 11.9 Å². The fourth-order valence-electron chi connectivity index (χ4n) is 3.18. The van der Waals surface area contributed by atoms with Gasteiger partial charge in [0.2, 0.25) is 5.82 Å². The van der Waals surface area contributed by atoms with Crippen molar-refractivity contribution in [1.82, 2.24) is 4.98 Å². The fraction of sp³-hybridized carbons (Fsp3) is 0.471. The summed E-state index contributed by atoms with van der Waals surface area (Å²) in [6, 6.07) is 7.08. The lowest BCUT2D eigenvalue weighted by Crippen LogP contribution is -2.37. The second-order valence-corrected chi connectivity index (χ2v) is 6.10. The van der Waals surface area contributed by atoms with Gasteiger partial charge in [0.25, 0.3) is 0 Å². The van der Waals surface area contributed by atoms with E-state index in [0.717, 1.165) is 37.3 Å². The summed E-state index contributed by atoms with van der Waals surface area (Å²) in [5.41, 5.74) is 0.0503. The molecule has 6 heteroatoms. The van der Waals surface area contributed by atoms with Gasteiger partial charge in [-0.3, -0.25) is 10.1 Å². The van der Waals surface area contributed by atoms with Crippen molar-refractivity contribution in [2.45, 2.75) is 39.2 Å². The van der Waals surface area contributed by atoms with Crippen LogP contribution in [0.3, 0.4) is 0 Å². The van der Waals surface area contributed by atoms with E-state index in [1.54, 1.807) is 12.3 Å². The van der Waals surface area contributed by atoms with Gasteiger partial charge in [0.15, 0.2) is 0 Å². The van der Waals surface area contributed by atoms with E-state index in [-0.39, 0.29) is 16.7 Å². The molecule has 3 rings (SSSR count). The molecule has 23 heavy (non-hydrogen) atoms. The minimum Gasteiger partial charge on any atom is -0.464 e. The Morgan fingerprint density at radius 3 is 2.96 bits per heavy atom. The lowest BCUT2D eigenvalue weighted by molar-refractivity contribution is -0.384. The molecule has 0 bridgehead atoms. The topological polar surface area (TPSA) is 72.4 Å². The first-order chi connectivity index (χ1) is 11.1. The van der Waals surface area contributed by atoms with Crippen molar-refractivity contribution in [1.29, 1.82) is 0 Å². The summed E-state index contributed by atoms with van der Waals surface area (Å²) in [7, 11) is 0. The highest BCUT2D eigenvalue weighted by molar-refractivity contribution is 5.58. The van der Waals surface area contributed by atoms with Crippen LogP contribution in [0, 0.1) is 16.0 Å². The predicted octanol–water partition coefficient (Wildman–Crippen LogP) is 4.12. The molecule has 6 nitrogen and oxygen atoms in total. The Hall–Kier alpha value is -2.37. The molecular formula is C17H21N3O3. The van der Waals surface area contributed by atoms with Gasteiger partial charge in [0, 0.05) is 25.2 Å². The standard InChI is InChI=1S/C17H21N3O3/c1-3-13-6-7-16(23-13)15-11-12(2)8-10-19(15)17-14(20(21)22)5-4-9-18-17/h4-7,9,12,15H,3,8,10-11H2,1-2H3/t12-,15+/m0/s1. The van der Waals surface area contributed by atoms with Gasteiger partial charge in [-0.15, -0.1) is 0 Å². The van der Waals surface area contributed by atoms with E-state index in [1.165, 1.54) is 6.07 Å². The first kappa shape index (κ1) is 15.5. The fourth-order valence-corrected chi connectivity index (χ4v) is 3.18. The monoisotopic (exact) mass is 315 g/mol. The molecule has 0 N–H and O–H groups in total. The molecule has 0 radical (unpaired) electrons. The number of piperidine rings is 1. The molecule has 1 saturated heterocycles. The zero-order valence-corrected chi connectivity index (χ0v) is 13.4. The van der Waals surface area contributed by atoms with Crippen molar-refractivity contribution >= 4 is 11.5 Å². The first-order valence-electron chi connectivity index (χ1n) is 8.04. The van der Waals surface area contributed by atoms with Gasteiger partial charge in [-0.2, -0.15) is 0 Å². The molecule has 3 heterocycles. The van der Waals surface area contributed by atoms with Crippen LogP contribution < -0.4 is 4.90 Å². The Balaban J connectivity index is 2.00. The SMILES string of the molecule is CCc1ccc([C@H]2C[C@@H](C)CCN2c2ncccc2[N+](=O)[O-])o1. The number of nitro groups is 1. The van der Waals surface area contributed by atoms with Crippen molar-refractivity contribution in [3.63, 3.8) is 0 Å². The molecule has 1 aliphatic rings. The van der Waals surface area contributed by atoms with E-state index >= 15 is 0 Å². The van der Waals surface area contributed by atoms with Crippen LogP contribution in [0.15, 0.2) is 34.9 Å². The number of anilines is 1. The summed E-state index contributed by atoms with van der Waals surface area (Å²) < 4.78 is 5.93. The van der Waals surface area contributed by atoms with Crippen LogP contribution in [0.2, 0.25) is 0 Å². The van der Waals surface area contributed by atoms with Crippen molar-refractivity contribution in [3.05, 3.63) is 52.1 Å². The zero-order valence-electron chi connectivity index (χ0n) is 13.4. The summed E-state index contributed by atoms with van der Waals surface area (Å²) >= 11 is 0. The second kappa shape index (κ2) is 6.40. The number of rotatable bonds is 4. The maximum Gasteiger partial charge on any atom is 0.311 e. The van der Waals surface area contributed by atoms with Gasteiger partial charge in [-0.05, 0) is 37.0 Å². The lowest BCUT2D eigenvalue weighted by Gasteiger charge is -2.37. The van der Waals surface area contributed by atoms with Crippen LogP contribution in [-0.4, -0.2) is 16.5 Å². The molecular weight excluding hydrogens is 294 g/mol. The van der Waals surface area contributed by atoms with Gasteiger partial charge >= 0.3 is 5.69 Å². The average molecular weight is 315 g/mol. The third kappa shape index (κ3) is 3.06. The summed E-state index contributed by atoms with van der Waals surface area (Å²) in [5.74, 6) is 2.79. The highest BCUT2D eigenvalue weighted by Crippen LogP contribution is 2.40. The largest absolute Gasteiger partial charge is 0.464 e. The number of furan rings is 1. The number of hydrogen-bond donors (Lipinski definition) is 0. The van der Waals surface area contributed by atoms with E-state index < -0.39 is 0 Å². The quantitative estimate of drug-likeness (QED) is 0.626. The van der Waals surface area contributed by atoms with Crippen molar-refractivity contribution < 1.29 is 9.34 Å². The van der Waals surface area contributed by atoms with Gasteiger partial charge in [-0.25, -0.2) is 4.98 Å². The summed E-state index contributed by atoms with van der Waals surface area (Å²) in [6.07, 6.45) is 4.35. The smallest absolute Gasteiger partial charge is 0.311 e. The van der Waals surface area contributed by atoms with Gasteiger partial charge in [0.05, 0.1) is 11.0 Å². The Labute approximate surface area is 135 Å². The molecule has 1 fully saturated rings. The molecule has 2 aromatic rings. The van der Waals surface area contributed by atoms with Gasteiger partial charge in [0.1, 0.15) is 11.5 Å². The van der Waals surface area contributed by atoms with Crippen LogP contribution in [0.4, 0.5) is 11.5 Å². The Morgan fingerprint density at radius 2 is 2.26 bits per heavy atom. The Bertz CT molecular complexity index is 698. The third-order valence-electron chi connectivity index (χ3n) is 4.46. The number of nitrogens with zero attached hydrogens (tertiary/aromatic N) is 3. The van der Waals surface area contributed by atoms with Crippen LogP contribution in [-0.2, 0) is 6.42 Å². The van der Waals surface area contributed by atoms with Crippen molar-refractivity contribution in [2.24, 2.45) is 5.92 Å². The maximum atomic E-state index is 11.3. The molecule has 0 aliphatic carbocycles.